The number of hydrogen-bond donors (Lipinski definition) is 1. The molecule has 2 aromatic rings. The van der Waals surface area contributed by atoms with Crippen LogP contribution in [0.1, 0.15) is 27.7 Å². The van der Waals surface area contributed by atoms with E-state index in [4.69, 9.17) is 0 Å². The van der Waals surface area contributed by atoms with Crippen molar-refractivity contribution in [2.45, 2.75) is 18.6 Å². The third-order valence-electron chi connectivity index (χ3n) is 3.65. The van der Waals surface area contributed by atoms with Crippen LogP contribution >= 0.6 is 23.1 Å². The molecule has 1 aromatic carbocycles. The van der Waals surface area contributed by atoms with Gasteiger partial charge in [-0.05, 0) is 31.0 Å². The van der Waals surface area contributed by atoms with Gasteiger partial charge in [0.15, 0.2) is 0 Å². The zero-order valence-corrected chi connectivity index (χ0v) is 15.0. The van der Waals surface area contributed by atoms with Crippen molar-refractivity contribution < 1.29 is 14.0 Å². The molecule has 0 radical (unpaired) electrons. The van der Waals surface area contributed by atoms with Crippen molar-refractivity contribution in [3.8, 4) is 0 Å². The second kappa shape index (κ2) is 8.39. The van der Waals surface area contributed by atoms with Crippen LogP contribution < -0.4 is 5.32 Å². The van der Waals surface area contributed by atoms with Crippen molar-refractivity contribution in [3.63, 3.8) is 0 Å². The number of nitrogens with zero attached hydrogens (tertiary/aromatic N) is 3. The molecular formula is C16H17FN4O2S2. The molecule has 1 aliphatic heterocycles. The molecule has 6 nitrogen and oxygen atoms in total. The van der Waals surface area contributed by atoms with Gasteiger partial charge in [-0.1, -0.05) is 17.4 Å². The highest BCUT2D eigenvalue weighted by Crippen LogP contribution is 2.19. The van der Waals surface area contributed by atoms with E-state index in [0.717, 1.165) is 25.9 Å². The maximum Gasteiger partial charge on any atom is 0.286 e. The largest absolute Gasteiger partial charge is 0.342 e. The molecule has 0 atom stereocenters. The molecule has 132 valence electrons. The van der Waals surface area contributed by atoms with Crippen LogP contribution in [0.5, 0.6) is 0 Å². The Morgan fingerprint density at radius 2 is 2.08 bits per heavy atom. The average molecular weight is 380 g/mol. The standard InChI is InChI=1S/C16H17FN4O2S2/c17-11-4-3-5-12(8-11)18-15(23)16-20-19-13(25-16)9-24-10-14(22)21-6-1-2-7-21/h3-5,8H,1-2,6-7,9-10H2,(H,18,23). The molecule has 2 amide bonds. The smallest absolute Gasteiger partial charge is 0.286 e. The number of nitrogens with one attached hydrogen (secondary N) is 1. The Labute approximate surface area is 152 Å². The first-order valence-electron chi connectivity index (χ1n) is 7.86. The van der Waals surface area contributed by atoms with Crippen LogP contribution in [-0.4, -0.2) is 45.8 Å². The van der Waals surface area contributed by atoms with Gasteiger partial charge in [-0.2, -0.15) is 0 Å². The van der Waals surface area contributed by atoms with Crippen molar-refractivity contribution in [1.82, 2.24) is 15.1 Å². The molecule has 1 aromatic heterocycles. The van der Waals surface area contributed by atoms with E-state index < -0.39 is 11.7 Å². The minimum Gasteiger partial charge on any atom is -0.342 e. The number of carbonyl (C=O) groups excluding carboxylic acids is 2. The molecule has 25 heavy (non-hydrogen) atoms. The van der Waals surface area contributed by atoms with E-state index in [1.807, 2.05) is 4.90 Å². The summed E-state index contributed by atoms with van der Waals surface area (Å²) < 4.78 is 13.1. The van der Waals surface area contributed by atoms with Gasteiger partial charge in [0.05, 0.1) is 5.75 Å². The van der Waals surface area contributed by atoms with Gasteiger partial charge in [0.25, 0.3) is 5.91 Å². The molecule has 0 unspecified atom stereocenters. The molecule has 1 aliphatic rings. The number of carbonyl (C=O) groups is 2. The first-order valence-corrected chi connectivity index (χ1v) is 9.84. The first-order chi connectivity index (χ1) is 12.1. The molecule has 1 saturated heterocycles. The van der Waals surface area contributed by atoms with Gasteiger partial charge < -0.3 is 10.2 Å². The maximum atomic E-state index is 13.1. The van der Waals surface area contributed by atoms with Crippen LogP contribution in [0.15, 0.2) is 24.3 Å². The number of aromatic nitrogens is 2. The molecule has 0 bridgehead atoms. The lowest BCUT2D eigenvalue weighted by atomic mass is 10.3. The minimum atomic E-state index is -0.424. The van der Waals surface area contributed by atoms with Crippen molar-refractivity contribution in [1.29, 1.82) is 0 Å². The van der Waals surface area contributed by atoms with Gasteiger partial charge in [0.2, 0.25) is 10.9 Å². The highest BCUT2D eigenvalue weighted by atomic mass is 32.2. The number of anilines is 1. The number of hydrogen-bond acceptors (Lipinski definition) is 6. The predicted octanol–water partition coefficient (Wildman–Crippen LogP) is 2.79. The molecule has 1 N–H and O–H groups in total. The fourth-order valence-electron chi connectivity index (χ4n) is 2.44. The summed E-state index contributed by atoms with van der Waals surface area (Å²) in [5.41, 5.74) is 0.368. The van der Waals surface area contributed by atoms with E-state index in [9.17, 15) is 14.0 Å². The van der Waals surface area contributed by atoms with Gasteiger partial charge in [-0.3, -0.25) is 9.59 Å². The van der Waals surface area contributed by atoms with Crippen molar-refractivity contribution in [3.05, 3.63) is 40.1 Å². The fraction of sp³-hybridized carbons (Fsp3) is 0.375. The van der Waals surface area contributed by atoms with E-state index in [2.05, 4.69) is 15.5 Å². The van der Waals surface area contributed by atoms with E-state index >= 15 is 0 Å². The van der Waals surface area contributed by atoms with E-state index in [-0.39, 0.29) is 10.9 Å². The van der Waals surface area contributed by atoms with E-state index in [1.165, 1.54) is 41.3 Å². The van der Waals surface area contributed by atoms with E-state index in [0.29, 0.717) is 22.2 Å². The third-order valence-corrected chi connectivity index (χ3v) is 5.69. The van der Waals surface area contributed by atoms with Gasteiger partial charge in [-0.15, -0.1) is 22.0 Å². The zero-order valence-electron chi connectivity index (χ0n) is 13.4. The van der Waals surface area contributed by atoms with Crippen LogP contribution in [0.25, 0.3) is 0 Å². The molecule has 0 aliphatic carbocycles. The summed E-state index contributed by atoms with van der Waals surface area (Å²) in [7, 11) is 0. The Hall–Kier alpha value is -2.00. The molecule has 9 heteroatoms. The number of thioether (sulfide) groups is 1. The highest BCUT2D eigenvalue weighted by Gasteiger charge is 2.18. The van der Waals surface area contributed by atoms with Crippen LogP contribution in [-0.2, 0) is 10.5 Å². The van der Waals surface area contributed by atoms with Crippen LogP contribution in [0.4, 0.5) is 10.1 Å². The molecule has 1 fully saturated rings. The molecular weight excluding hydrogens is 363 g/mol. The topological polar surface area (TPSA) is 75.2 Å². The summed E-state index contributed by atoms with van der Waals surface area (Å²) in [6.07, 6.45) is 2.16. The number of halogens is 1. The van der Waals surface area contributed by atoms with Crippen LogP contribution in [0.2, 0.25) is 0 Å². The summed E-state index contributed by atoms with van der Waals surface area (Å²) in [4.78, 5) is 25.9. The Bertz CT molecular complexity index is 762. The lowest BCUT2D eigenvalue weighted by molar-refractivity contribution is -0.127. The Kier molecular flexibility index (Phi) is 5.98. The monoisotopic (exact) mass is 380 g/mol. The van der Waals surface area contributed by atoms with E-state index in [1.54, 1.807) is 6.07 Å². The van der Waals surface area contributed by atoms with Gasteiger partial charge in [-0.25, -0.2) is 4.39 Å². The number of amides is 2. The molecule has 3 rings (SSSR count). The predicted molar refractivity (Wildman–Crippen MR) is 96.2 cm³/mol. The molecule has 2 heterocycles. The number of benzene rings is 1. The normalized spacial score (nSPS) is 13.9. The summed E-state index contributed by atoms with van der Waals surface area (Å²) in [6, 6.07) is 5.66. The Morgan fingerprint density at radius 1 is 1.28 bits per heavy atom. The van der Waals surface area contributed by atoms with Gasteiger partial charge in [0.1, 0.15) is 10.8 Å². The summed E-state index contributed by atoms with van der Waals surface area (Å²) in [5.74, 6) is 0.243. The quantitative estimate of drug-likeness (QED) is 0.834. The van der Waals surface area contributed by atoms with Crippen LogP contribution in [0.3, 0.4) is 0 Å². The van der Waals surface area contributed by atoms with Crippen molar-refractivity contribution in [2.75, 3.05) is 24.2 Å². The van der Waals surface area contributed by atoms with Gasteiger partial charge >= 0.3 is 0 Å². The van der Waals surface area contributed by atoms with Gasteiger partial charge in [0, 0.05) is 24.5 Å². The fourth-order valence-corrected chi connectivity index (χ4v) is 4.15. The van der Waals surface area contributed by atoms with Crippen molar-refractivity contribution in [2.24, 2.45) is 0 Å². The maximum absolute atomic E-state index is 13.1. The summed E-state index contributed by atoms with van der Waals surface area (Å²) in [5, 5.41) is 11.3. The second-order valence-corrected chi connectivity index (χ2v) is 7.59. The molecule has 0 saturated carbocycles. The summed E-state index contributed by atoms with van der Waals surface area (Å²) >= 11 is 2.64. The minimum absolute atomic E-state index is 0.149. The van der Waals surface area contributed by atoms with Crippen molar-refractivity contribution >= 4 is 40.6 Å². The highest BCUT2D eigenvalue weighted by molar-refractivity contribution is 7.99. The number of rotatable bonds is 6. The lowest BCUT2D eigenvalue weighted by Crippen LogP contribution is -2.29. The third kappa shape index (κ3) is 4.99. The zero-order chi connectivity index (χ0) is 17.6. The molecule has 0 spiro atoms. The Morgan fingerprint density at radius 3 is 2.84 bits per heavy atom. The SMILES string of the molecule is O=C(Nc1cccc(F)c1)c1nnc(CSCC(=O)N2CCCC2)s1. The van der Waals surface area contributed by atoms with Crippen LogP contribution in [0, 0.1) is 5.82 Å². The average Bonchev–Trinajstić information content (AvgIpc) is 3.27. The summed E-state index contributed by atoms with van der Waals surface area (Å²) in [6.45, 7) is 1.70. The lowest BCUT2D eigenvalue weighted by Gasteiger charge is -2.14. The second-order valence-electron chi connectivity index (χ2n) is 5.55. The Balaban J connectivity index is 1.48. The number of likely N-dealkylation sites (tertiary alicyclic amines) is 1. The first kappa shape index (κ1) is 17.8.